The molecule has 5 N–H and O–H groups in total. The summed E-state index contributed by atoms with van der Waals surface area (Å²) < 4.78 is 11.7. The quantitative estimate of drug-likeness (QED) is 0.468. The molecule has 1 aliphatic heterocycles. The minimum atomic E-state index is -1.54. The number of fused-ring (bicyclic) bond motifs is 1. The number of hydrogen-bond donors (Lipinski definition) is 3. The fraction of sp³-hybridized carbons (Fsp3) is 0.250. The van der Waals surface area contributed by atoms with Crippen molar-refractivity contribution in [1.29, 1.82) is 0 Å². The van der Waals surface area contributed by atoms with E-state index in [2.05, 4.69) is 5.32 Å². The van der Waals surface area contributed by atoms with Crippen molar-refractivity contribution in [3.63, 3.8) is 0 Å². The molecule has 1 atom stereocenters. The predicted molar refractivity (Wildman–Crippen MR) is 134 cm³/mol. The molecule has 0 aromatic heterocycles. The number of nitrogens with one attached hydrogen (secondary N) is 1. The lowest BCUT2D eigenvalue weighted by atomic mass is 9.71. The minimum Gasteiger partial charge on any atom is -0.458 e. The molecule has 0 bridgehead atoms. The van der Waals surface area contributed by atoms with E-state index < -0.39 is 23.0 Å². The van der Waals surface area contributed by atoms with Gasteiger partial charge in [0.15, 0.2) is 11.3 Å². The maximum Gasteiger partial charge on any atom is 0.332 e. The van der Waals surface area contributed by atoms with Crippen LogP contribution in [-0.4, -0.2) is 11.6 Å². The molecule has 0 aliphatic carbocycles. The fourth-order valence-electron chi connectivity index (χ4n) is 4.20. The maximum absolute atomic E-state index is 13.9. The lowest BCUT2D eigenvalue weighted by molar-refractivity contribution is -0.162. The number of benzene rings is 3. The first-order valence-corrected chi connectivity index (χ1v) is 11.3. The molecule has 1 unspecified atom stereocenters. The second-order valence-electron chi connectivity index (χ2n) is 9.53. The summed E-state index contributed by atoms with van der Waals surface area (Å²) in [6.45, 7) is 7.29. The number of allylic oxidation sites excluding steroid dienone is 1. The van der Waals surface area contributed by atoms with Gasteiger partial charge in [0.05, 0.1) is 5.69 Å². The summed E-state index contributed by atoms with van der Waals surface area (Å²) >= 11 is 0. The van der Waals surface area contributed by atoms with Crippen molar-refractivity contribution in [2.75, 3.05) is 5.32 Å². The molecule has 34 heavy (non-hydrogen) atoms. The Bertz CT molecular complexity index is 1180. The Labute approximate surface area is 200 Å². The predicted octanol–water partition coefficient (Wildman–Crippen LogP) is 4.97. The number of esters is 1. The van der Waals surface area contributed by atoms with Crippen LogP contribution in [0.25, 0.3) is 0 Å². The average molecular weight is 458 g/mol. The van der Waals surface area contributed by atoms with Gasteiger partial charge in [-0.1, -0.05) is 66.7 Å². The van der Waals surface area contributed by atoms with Crippen LogP contribution >= 0.6 is 0 Å². The molecule has 0 fully saturated rings. The zero-order valence-electron chi connectivity index (χ0n) is 20.0. The van der Waals surface area contributed by atoms with Crippen molar-refractivity contribution in [2.24, 2.45) is 11.5 Å². The van der Waals surface area contributed by atoms with Crippen molar-refractivity contribution in [3.8, 4) is 5.75 Å². The summed E-state index contributed by atoms with van der Waals surface area (Å²) in [5.74, 6) is 0.569. The van der Waals surface area contributed by atoms with Gasteiger partial charge in [0.2, 0.25) is 0 Å². The highest BCUT2D eigenvalue weighted by atomic mass is 16.6. The first-order chi connectivity index (χ1) is 16.1. The molecule has 4 rings (SSSR count). The van der Waals surface area contributed by atoms with Crippen molar-refractivity contribution in [1.82, 2.24) is 0 Å². The molecular weight excluding hydrogens is 426 g/mol. The first kappa shape index (κ1) is 23.4. The highest BCUT2D eigenvalue weighted by molar-refractivity contribution is 5.86. The van der Waals surface area contributed by atoms with Crippen molar-refractivity contribution in [3.05, 3.63) is 107 Å². The lowest BCUT2D eigenvalue weighted by Crippen LogP contribution is -2.53. The minimum absolute atomic E-state index is 0.409. The standard InChI is InChI=1S/C28H31N3O3/c1-18-25(29)31-22-17-21(15-16-23(22)33-18)28(30,26(32)34-27(2,3)4)24(19-11-7-5-8-12-19)20-13-9-6-10-14-20/h5-17,24,31H,29-30H2,1-4H3. The van der Waals surface area contributed by atoms with Crippen LogP contribution in [0.15, 0.2) is 90.4 Å². The van der Waals surface area contributed by atoms with Gasteiger partial charge in [0, 0.05) is 5.92 Å². The molecule has 0 spiro atoms. The zero-order valence-corrected chi connectivity index (χ0v) is 20.0. The van der Waals surface area contributed by atoms with E-state index in [-0.39, 0.29) is 0 Å². The topological polar surface area (TPSA) is 99.6 Å². The Morgan fingerprint density at radius 2 is 1.50 bits per heavy atom. The summed E-state index contributed by atoms with van der Waals surface area (Å²) in [4.78, 5) is 13.9. The third-order valence-electron chi connectivity index (χ3n) is 5.83. The number of carbonyl (C=O) groups excluding carboxylic acids is 1. The highest BCUT2D eigenvalue weighted by Crippen LogP contribution is 2.44. The second-order valence-corrected chi connectivity index (χ2v) is 9.53. The van der Waals surface area contributed by atoms with Crippen LogP contribution in [-0.2, 0) is 15.1 Å². The van der Waals surface area contributed by atoms with Gasteiger partial charge in [0.1, 0.15) is 17.2 Å². The van der Waals surface area contributed by atoms with Crippen LogP contribution in [0.2, 0.25) is 0 Å². The molecule has 6 heteroatoms. The van der Waals surface area contributed by atoms with Crippen LogP contribution in [0.4, 0.5) is 5.69 Å². The van der Waals surface area contributed by atoms with E-state index in [1.54, 1.807) is 13.0 Å². The molecule has 176 valence electrons. The Hall–Kier alpha value is -3.77. The van der Waals surface area contributed by atoms with Crippen LogP contribution < -0.4 is 21.5 Å². The third-order valence-corrected chi connectivity index (χ3v) is 5.83. The Kier molecular flexibility index (Phi) is 6.11. The van der Waals surface area contributed by atoms with Gasteiger partial charge < -0.3 is 26.3 Å². The summed E-state index contributed by atoms with van der Waals surface area (Å²) in [6.07, 6.45) is 0. The second kappa shape index (κ2) is 8.88. The highest BCUT2D eigenvalue weighted by Gasteiger charge is 2.48. The molecule has 6 nitrogen and oxygen atoms in total. The number of nitrogens with two attached hydrogens (primary N) is 2. The van der Waals surface area contributed by atoms with Gasteiger partial charge in [-0.05, 0) is 56.5 Å². The van der Waals surface area contributed by atoms with Gasteiger partial charge >= 0.3 is 5.97 Å². The zero-order chi connectivity index (χ0) is 24.5. The van der Waals surface area contributed by atoms with E-state index in [1.165, 1.54) is 0 Å². The van der Waals surface area contributed by atoms with Crippen molar-refractivity contribution < 1.29 is 14.3 Å². The lowest BCUT2D eigenvalue weighted by Gasteiger charge is -2.39. The molecule has 0 radical (unpaired) electrons. The van der Waals surface area contributed by atoms with Crippen LogP contribution in [0.1, 0.15) is 50.3 Å². The SMILES string of the molecule is CC1=C(N)Nc2cc(C(N)(C(=O)OC(C)(C)C)C(c3ccccc3)c3ccccc3)ccc2O1. The van der Waals surface area contributed by atoms with Crippen molar-refractivity contribution in [2.45, 2.75) is 44.8 Å². The van der Waals surface area contributed by atoms with Crippen LogP contribution in [0, 0.1) is 0 Å². The van der Waals surface area contributed by atoms with Crippen LogP contribution in [0.5, 0.6) is 5.75 Å². The molecule has 3 aromatic rings. The molecule has 0 saturated carbocycles. The maximum atomic E-state index is 13.9. The summed E-state index contributed by atoms with van der Waals surface area (Å²) in [7, 11) is 0. The van der Waals surface area contributed by atoms with Crippen LogP contribution in [0.3, 0.4) is 0 Å². The van der Waals surface area contributed by atoms with E-state index in [4.69, 9.17) is 20.9 Å². The molecular formula is C28H31N3O3. The molecule has 3 aromatic carbocycles. The van der Waals surface area contributed by atoms with Gasteiger partial charge in [-0.3, -0.25) is 0 Å². The van der Waals surface area contributed by atoms with E-state index in [1.807, 2.05) is 93.6 Å². The number of rotatable bonds is 5. The Balaban J connectivity index is 1.94. The summed E-state index contributed by atoms with van der Waals surface area (Å²) in [5.41, 5.74) is 14.0. The van der Waals surface area contributed by atoms with E-state index in [9.17, 15) is 4.79 Å². The fourth-order valence-corrected chi connectivity index (χ4v) is 4.20. The third kappa shape index (κ3) is 4.50. The molecule has 1 heterocycles. The monoisotopic (exact) mass is 457 g/mol. The average Bonchev–Trinajstić information content (AvgIpc) is 2.80. The Morgan fingerprint density at radius 3 is 2.03 bits per heavy atom. The smallest absolute Gasteiger partial charge is 0.332 e. The summed E-state index contributed by atoms with van der Waals surface area (Å²) in [5, 5.41) is 3.15. The molecule has 0 amide bonds. The van der Waals surface area contributed by atoms with E-state index >= 15 is 0 Å². The van der Waals surface area contributed by atoms with Gasteiger partial charge in [0.25, 0.3) is 0 Å². The van der Waals surface area contributed by atoms with Gasteiger partial charge in [-0.25, -0.2) is 4.79 Å². The van der Waals surface area contributed by atoms with E-state index in [0.717, 1.165) is 11.1 Å². The van der Waals surface area contributed by atoms with Gasteiger partial charge in [-0.15, -0.1) is 0 Å². The van der Waals surface area contributed by atoms with E-state index in [0.29, 0.717) is 28.6 Å². The molecule has 1 aliphatic rings. The Morgan fingerprint density at radius 1 is 0.941 bits per heavy atom. The number of anilines is 1. The first-order valence-electron chi connectivity index (χ1n) is 11.3. The number of carbonyl (C=O) groups is 1. The molecule has 0 saturated heterocycles. The van der Waals surface area contributed by atoms with Gasteiger partial charge in [-0.2, -0.15) is 0 Å². The number of hydrogen-bond acceptors (Lipinski definition) is 6. The summed E-state index contributed by atoms with van der Waals surface area (Å²) in [6, 6.07) is 25.0. The normalized spacial score (nSPS) is 15.1. The largest absolute Gasteiger partial charge is 0.458 e. The number of ether oxygens (including phenoxy) is 2. The van der Waals surface area contributed by atoms with Crippen molar-refractivity contribution >= 4 is 11.7 Å².